The first kappa shape index (κ1) is 11.3. The van der Waals surface area contributed by atoms with Gasteiger partial charge in [0.1, 0.15) is 10.7 Å². The molecular weight excluding hydrogens is 247 g/mol. The van der Waals surface area contributed by atoms with Crippen LogP contribution in [0.15, 0.2) is 46.0 Å². The number of rotatable bonds is 3. The van der Waals surface area contributed by atoms with Crippen LogP contribution >= 0.6 is 11.3 Å². The maximum atomic E-state index is 13.3. The monoisotopic (exact) mass is 256 g/mol. The molecule has 0 atom stereocenters. The van der Waals surface area contributed by atoms with Gasteiger partial charge in [0.25, 0.3) is 0 Å². The van der Waals surface area contributed by atoms with E-state index < -0.39 is 15.7 Å². The third kappa shape index (κ3) is 2.31. The Morgan fingerprint density at radius 1 is 1.19 bits per heavy atom. The number of benzene rings is 1. The molecule has 5 heteroatoms. The van der Waals surface area contributed by atoms with Crippen molar-refractivity contribution in [1.82, 2.24) is 0 Å². The molecule has 0 spiro atoms. The Hall–Kier alpha value is -1.20. The average Bonchev–Trinajstić information content (AvgIpc) is 2.70. The third-order valence-electron chi connectivity index (χ3n) is 2.11. The Morgan fingerprint density at radius 2 is 1.94 bits per heavy atom. The Kier molecular flexibility index (Phi) is 3.07. The van der Waals surface area contributed by atoms with Gasteiger partial charge in [0, 0.05) is 0 Å². The lowest BCUT2D eigenvalue weighted by molar-refractivity contribution is 0.566. The summed E-state index contributed by atoms with van der Waals surface area (Å²) in [6.07, 6.45) is 0. The quantitative estimate of drug-likeness (QED) is 0.846. The molecule has 0 amide bonds. The number of hydrogen-bond donors (Lipinski definition) is 0. The summed E-state index contributed by atoms with van der Waals surface area (Å²) >= 11 is 1.42. The number of thiophene rings is 1. The number of halogens is 1. The van der Waals surface area contributed by atoms with Crippen LogP contribution in [0, 0.1) is 5.82 Å². The van der Waals surface area contributed by atoms with Gasteiger partial charge in [-0.05, 0) is 34.5 Å². The minimum Gasteiger partial charge on any atom is -0.223 e. The molecule has 0 radical (unpaired) electrons. The summed E-state index contributed by atoms with van der Waals surface area (Å²) in [6.45, 7) is 0. The molecule has 2 rings (SSSR count). The fraction of sp³-hybridized carbons (Fsp3) is 0.0909. The second-order valence-corrected chi connectivity index (χ2v) is 6.06. The van der Waals surface area contributed by atoms with Gasteiger partial charge >= 0.3 is 0 Å². The van der Waals surface area contributed by atoms with Gasteiger partial charge in [-0.1, -0.05) is 12.1 Å². The summed E-state index contributed by atoms with van der Waals surface area (Å²) in [5.74, 6) is -0.852. The summed E-state index contributed by atoms with van der Waals surface area (Å²) in [5, 5.41) is 3.55. The standard InChI is InChI=1S/C11H9FO2S2/c12-10-3-1-2-4-11(10)16(13,14)8-9-5-6-15-7-9/h1-7H,8H2. The zero-order chi connectivity index (χ0) is 11.6. The lowest BCUT2D eigenvalue weighted by atomic mass is 10.3. The van der Waals surface area contributed by atoms with Crippen LogP contribution in [0.3, 0.4) is 0 Å². The highest BCUT2D eigenvalue weighted by atomic mass is 32.2. The summed E-state index contributed by atoms with van der Waals surface area (Å²) < 4.78 is 37.1. The molecule has 0 unspecified atom stereocenters. The van der Waals surface area contributed by atoms with Crippen LogP contribution in [0.25, 0.3) is 0 Å². The number of sulfone groups is 1. The molecule has 0 aliphatic carbocycles. The van der Waals surface area contributed by atoms with E-state index in [2.05, 4.69) is 0 Å². The van der Waals surface area contributed by atoms with E-state index in [1.807, 2.05) is 0 Å². The van der Waals surface area contributed by atoms with Gasteiger partial charge < -0.3 is 0 Å². The van der Waals surface area contributed by atoms with E-state index in [4.69, 9.17) is 0 Å². The first-order chi connectivity index (χ1) is 7.59. The van der Waals surface area contributed by atoms with Crippen LogP contribution in [0.1, 0.15) is 5.56 Å². The fourth-order valence-corrected chi connectivity index (χ4v) is 3.57. The van der Waals surface area contributed by atoms with Gasteiger partial charge in [-0.2, -0.15) is 11.3 Å². The van der Waals surface area contributed by atoms with Crippen molar-refractivity contribution in [2.24, 2.45) is 0 Å². The van der Waals surface area contributed by atoms with E-state index in [1.165, 1.54) is 29.5 Å². The minimum absolute atomic E-state index is 0.155. The van der Waals surface area contributed by atoms with Gasteiger partial charge in [0.15, 0.2) is 9.84 Å². The molecule has 16 heavy (non-hydrogen) atoms. The van der Waals surface area contributed by atoms with Crippen LogP contribution in [0.2, 0.25) is 0 Å². The zero-order valence-corrected chi connectivity index (χ0v) is 9.89. The Morgan fingerprint density at radius 3 is 2.56 bits per heavy atom. The second kappa shape index (κ2) is 4.35. The molecule has 1 aromatic heterocycles. The lowest BCUT2D eigenvalue weighted by Gasteiger charge is -2.03. The van der Waals surface area contributed by atoms with Crippen molar-refractivity contribution in [3.8, 4) is 0 Å². The molecular formula is C11H9FO2S2. The maximum absolute atomic E-state index is 13.3. The molecule has 0 fully saturated rings. The van der Waals surface area contributed by atoms with Gasteiger partial charge in [-0.25, -0.2) is 12.8 Å². The van der Waals surface area contributed by atoms with Crippen LogP contribution in [-0.4, -0.2) is 8.42 Å². The highest BCUT2D eigenvalue weighted by Gasteiger charge is 2.19. The van der Waals surface area contributed by atoms with Gasteiger partial charge in [-0.15, -0.1) is 0 Å². The van der Waals surface area contributed by atoms with Crippen molar-refractivity contribution < 1.29 is 12.8 Å². The SMILES string of the molecule is O=S(=O)(Cc1ccsc1)c1ccccc1F. The van der Waals surface area contributed by atoms with Gasteiger partial charge in [0.2, 0.25) is 0 Å². The van der Waals surface area contributed by atoms with E-state index in [0.29, 0.717) is 5.56 Å². The molecule has 0 aliphatic heterocycles. The van der Waals surface area contributed by atoms with Crippen molar-refractivity contribution in [2.75, 3.05) is 0 Å². The molecule has 0 N–H and O–H groups in total. The summed E-state index contributed by atoms with van der Waals surface area (Å²) in [4.78, 5) is -0.235. The van der Waals surface area contributed by atoms with Crippen LogP contribution < -0.4 is 0 Å². The van der Waals surface area contributed by atoms with Crippen molar-refractivity contribution in [2.45, 2.75) is 10.6 Å². The first-order valence-electron chi connectivity index (χ1n) is 4.58. The maximum Gasteiger partial charge on any atom is 0.185 e. The highest BCUT2D eigenvalue weighted by Crippen LogP contribution is 2.20. The average molecular weight is 256 g/mol. The summed E-state index contributed by atoms with van der Waals surface area (Å²) in [5.41, 5.74) is 0.688. The van der Waals surface area contributed by atoms with Crippen molar-refractivity contribution in [3.05, 3.63) is 52.5 Å². The molecule has 2 aromatic rings. The highest BCUT2D eigenvalue weighted by molar-refractivity contribution is 7.90. The van der Waals surface area contributed by atoms with E-state index in [0.717, 1.165) is 6.07 Å². The normalized spacial score (nSPS) is 11.6. The summed E-state index contributed by atoms with van der Waals surface area (Å²) in [7, 11) is -3.58. The Labute approximate surface area is 97.3 Å². The van der Waals surface area contributed by atoms with Crippen molar-refractivity contribution in [3.63, 3.8) is 0 Å². The van der Waals surface area contributed by atoms with Gasteiger partial charge in [-0.3, -0.25) is 0 Å². The zero-order valence-electron chi connectivity index (χ0n) is 8.26. The van der Waals surface area contributed by atoms with E-state index in [9.17, 15) is 12.8 Å². The predicted molar refractivity (Wildman–Crippen MR) is 61.6 cm³/mol. The van der Waals surface area contributed by atoms with Crippen molar-refractivity contribution >= 4 is 21.2 Å². The molecule has 0 saturated carbocycles. The van der Waals surface area contributed by atoms with E-state index in [1.54, 1.807) is 16.8 Å². The first-order valence-corrected chi connectivity index (χ1v) is 7.17. The van der Waals surface area contributed by atoms with Crippen LogP contribution in [0.5, 0.6) is 0 Å². The van der Waals surface area contributed by atoms with E-state index >= 15 is 0 Å². The molecule has 84 valence electrons. The third-order valence-corrected chi connectivity index (χ3v) is 4.56. The number of hydrogen-bond acceptors (Lipinski definition) is 3. The lowest BCUT2D eigenvalue weighted by Crippen LogP contribution is -2.06. The molecule has 1 aromatic carbocycles. The van der Waals surface area contributed by atoms with Crippen LogP contribution in [-0.2, 0) is 15.6 Å². The largest absolute Gasteiger partial charge is 0.223 e. The fourth-order valence-electron chi connectivity index (χ4n) is 1.37. The van der Waals surface area contributed by atoms with Crippen LogP contribution in [0.4, 0.5) is 4.39 Å². The molecule has 2 nitrogen and oxygen atoms in total. The Bertz CT molecular complexity index is 574. The molecule has 0 aliphatic rings. The van der Waals surface area contributed by atoms with Gasteiger partial charge in [0.05, 0.1) is 5.75 Å². The van der Waals surface area contributed by atoms with Crippen molar-refractivity contribution in [1.29, 1.82) is 0 Å². The smallest absolute Gasteiger partial charge is 0.185 e. The van der Waals surface area contributed by atoms with E-state index in [-0.39, 0.29) is 10.6 Å². The second-order valence-electron chi connectivity index (χ2n) is 3.32. The molecule has 0 saturated heterocycles. The molecule has 1 heterocycles. The predicted octanol–water partition coefficient (Wildman–Crippen LogP) is 2.86. The molecule has 0 bridgehead atoms. The topological polar surface area (TPSA) is 34.1 Å². The summed E-state index contributed by atoms with van der Waals surface area (Å²) in [6, 6.07) is 7.16. The minimum atomic E-state index is -3.58. The Balaban J connectivity index is 2.37.